The van der Waals surface area contributed by atoms with Crippen LogP contribution in [0.25, 0.3) is 0 Å². The lowest BCUT2D eigenvalue weighted by Crippen LogP contribution is -2.29. The third-order valence-electron chi connectivity index (χ3n) is 4.25. The van der Waals surface area contributed by atoms with Gasteiger partial charge in [0.25, 0.3) is 0 Å². The van der Waals surface area contributed by atoms with E-state index < -0.39 is 0 Å². The van der Waals surface area contributed by atoms with E-state index in [2.05, 4.69) is 49.5 Å². The average Bonchev–Trinajstić information content (AvgIpc) is 2.49. The molecular formula is C18H29NO. The van der Waals surface area contributed by atoms with Crippen LogP contribution >= 0.6 is 0 Å². The van der Waals surface area contributed by atoms with Gasteiger partial charge >= 0.3 is 0 Å². The van der Waals surface area contributed by atoms with Crippen LogP contribution < -0.4 is 5.32 Å². The summed E-state index contributed by atoms with van der Waals surface area (Å²) < 4.78 is 6.41. The molecule has 2 nitrogen and oxygen atoms in total. The summed E-state index contributed by atoms with van der Waals surface area (Å²) in [4.78, 5) is 0. The quantitative estimate of drug-likeness (QED) is 0.748. The number of benzene rings is 1. The maximum Gasteiger partial charge on any atom is 0.0952 e. The molecule has 1 saturated carbocycles. The first kappa shape index (κ1) is 15.5. The van der Waals surface area contributed by atoms with E-state index in [1.807, 2.05) is 0 Å². The molecule has 0 radical (unpaired) electrons. The van der Waals surface area contributed by atoms with Gasteiger partial charge in [-0.2, -0.15) is 0 Å². The molecule has 0 aromatic heterocycles. The predicted octanol–water partition coefficient (Wildman–Crippen LogP) is 4.32. The van der Waals surface area contributed by atoms with Crippen LogP contribution in [-0.2, 0) is 4.74 Å². The lowest BCUT2D eigenvalue weighted by atomic mass is 9.89. The molecule has 1 aliphatic rings. The first-order valence-corrected chi connectivity index (χ1v) is 8.20. The van der Waals surface area contributed by atoms with Crippen molar-refractivity contribution in [3.05, 3.63) is 35.9 Å². The first-order chi connectivity index (χ1) is 9.79. The van der Waals surface area contributed by atoms with Crippen LogP contribution in [0.1, 0.15) is 57.6 Å². The Labute approximate surface area is 123 Å². The van der Waals surface area contributed by atoms with Gasteiger partial charge in [-0.25, -0.2) is 0 Å². The maximum atomic E-state index is 6.41. The van der Waals surface area contributed by atoms with Crippen molar-refractivity contribution in [3.63, 3.8) is 0 Å². The fraction of sp³-hybridized carbons (Fsp3) is 0.667. The average molecular weight is 275 g/mol. The summed E-state index contributed by atoms with van der Waals surface area (Å²) in [7, 11) is 0. The van der Waals surface area contributed by atoms with Gasteiger partial charge in [-0.3, -0.25) is 0 Å². The van der Waals surface area contributed by atoms with Gasteiger partial charge in [-0.15, -0.1) is 0 Å². The number of ether oxygens (including phenoxy) is 1. The Bertz CT molecular complexity index is 357. The highest BCUT2D eigenvalue weighted by Crippen LogP contribution is 2.29. The normalized spacial score (nSPS) is 24.5. The van der Waals surface area contributed by atoms with Crippen molar-refractivity contribution < 1.29 is 4.74 Å². The molecule has 0 spiro atoms. The second kappa shape index (κ2) is 8.43. The second-order valence-electron chi connectivity index (χ2n) is 6.12. The summed E-state index contributed by atoms with van der Waals surface area (Å²) in [5.74, 6) is 0.878. The van der Waals surface area contributed by atoms with Crippen LogP contribution in [-0.4, -0.2) is 19.2 Å². The zero-order chi connectivity index (χ0) is 14.2. The maximum absolute atomic E-state index is 6.41. The summed E-state index contributed by atoms with van der Waals surface area (Å²) >= 11 is 0. The predicted molar refractivity (Wildman–Crippen MR) is 84.8 cm³/mol. The summed E-state index contributed by atoms with van der Waals surface area (Å²) in [6.45, 7) is 6.54. The topological polar surface area (TPSA) is 21.3 Å². The minimum absolute atomic E-state index is 0.196. The smallest absolute Gasteiger partial charge is 0.0952 e. The van der Waals surface area contributed by atoms with Gasteiger partial charge in [-0.1, -0.05) is 44.2 Å². The highest BCUT2D eigenvalue weighted by atomic mass is 16.5. The molecule has 2 rings (SSSR count). The molecule has 0 aliphatic heterocycles. The Morgan fingerprint density at radius 1 is 1.15 bits per heavy atom. The zero-order valence-corrected chi connectivity index (χ0v) is 13.0. The van der Waals surface area contributed by atoms with E-state index in [1.54, 1.807) is 0 Å². The highest BCUT2D eigenvalue weighted by Gasteiger charge is 2.22. The summed E-state index contributed by atoms with van der Waals surface area (Å²) in [5, 5.41) is 3.51. The molecule has 1 aromatic carbocycles. The molecule has 0 amide bonds. The minimum Gasteiger partial charge on any atom is -0.369 e. The molecular weight excluding hydrogens is 246 g/mol. The molecule has 1 atom stereocenters. The Morgan fingerprint density at radius 2 is 1.85 bits per heavy atom. The van der Waals surface area contributed by atoms with Crippen LogP contribution in [0.3, 0.4) is 0 Å². The van der Waals surface area contributed by atoms with Crippen molar-refractivity contribution in [1.29, 1.82) is 0 Å². The van der Waals surface area contributed by atoms with E-state index >= 15 is 0 Å². The van der Waals surface area contributed by atoms with Crippen LogP contribution in [0.5, 0.6) is 0 Å². The van der Waals surface area contributed by atoms with Crippen molar-refractivity contribution >= 4 is 0 Å². The third kappa shape index (κ3) is 4.92. The van der Waals surface area contributed by atoms with Crippen LogP contribution in [0, 0.1) is 5.92 Å². The standard InChI is InChI=1S/C18H29NO/c1-3-13-19-14-18(16-7-5-4-6-8-16)20-17-11-9-15(2)10-12-17/h4-8,15,17-19H,3,9-14H2,1-2H3. The lowest BCUT2D eigenvalue weighted by Gasteiger charge is -2.30. The van der Waals surface area contributed by atoms with Gasteiger partial charge in [0.05, 0.1) is 12.2 Å². The number of nitrogens with one attached hydrogen (secondary N) is 1. The molecule has 112 valence electrons. The Kier molecular flexibility index (Phi) is 6.55. The summed E-state index contributed by atoms with van der Waals surface area (Å²) in [6.07, 6.45) is 6.88. The van der Waals surface area contributed by atoms with Crippen LogP contribution in [0.15, 0.2) is 30.3 Å². The second-order valence-corrected chi connectivity index (χ2v) is 6.12. The van der Waals surface area contributed by atoms with Crippen molar-refractivity contribution in [3.8, 4) is 0 Å². The van der Waals surface area contributed by atoms with E-state index in [1.165, 1.54) is 37.7 Å². The molecule has 1 aliphatic carbocycles. The van der Waals surface area contributed by atoms with Crippen LogP contribution in [0.4, 0.5) is 0 Å². The van der Waals surface area contributed by atoms with Crippen molar-refractivity contribution in [1.82, 2.24) is 5.32 Å². The number of rotatable bonds is 7. The first-order valence-electron chi connectivity index (χ1n) is 8.20. The van der Waals surface area contributed by atoms with E-state index in [-0.39, 0.29) is 6.10 Å². The van der Waals surface area contributed by atoms with Gasteiger partial charge in [0.15, 0.2) is 0 Å². The lowest BCUT2D eigenvalue weighted by molar-refractivity contribution is -0.0362. The third-order valence-corrected chi connectivity index (χ3v) is 4.25. The highest BCUT2D eigenvalue weighted by molar-refractivity contribution is 5.18. The minimum atomic E-state index is 0.196. The van der Waals surface area contributed by atoms with Gasteiger partial charge < -0.3 is 10.1 Å². The monoisotopic (exact) mass is 275 g/mol. The molecule has 1 fully saturated rings. The van der Waals surface area contributed by atoms with Crippen LogP contribution in [0.2, 0.25) is 0 Å². The van der Waals surface area contributed by atoms with Crippen molar-refractivity contribution in [2.45, 2.75) is 58.2 Å². The molecule has 0 heterocycles. The van der Waals surface area contributed by atoms with Crippen molar-refractivity contribution in [2.75, 3.05) is 13.1 Å². The molecule has 1 aromatic rings. The summed E-state index contributed by atoms with van der Waals surface area (Å²) in [5.41, 5.74) is 1.30. The Morgan fingerprint density at radius 3 is 2.50 bits per heavy atom. The Hall–Kier alpha value is -0.860. The molecule has 0 bridgehead atoms. The van der Waals surface area contributed by atoms with E-state index in [0.29, 0.717) is 6.10 Å². The number of hydrogen-bond acceptors (Lipinski definition) is 2. The van der Waals surface area contributed by atoms with Crippen molar-refractivity contribution in [2.24, 2.45) is 5.92 Å². The van der Waals surface area contributed by atoms with Gasteiger partial charge in [0, 0.05) is 6.54 Å². The van der Waals surface area contributed by atoms with E-state index in [4.69, 9.17) is 4.74 Å². The Balaban J connectivity index is 1.92. The van der Waals surface area contributed by atoms with Gasteiger partial charge in [0.2, 0.25) is 0 Å². The zero-order valence-electron chi connectivity index (χ0n) is 13.0. The summed E-state index contributed by atoms with van der Waals surface area (Å²) in [6, 6.07) is 10.7. The molecule has 0 saturated heterocycles. The largest absolute Gasteiger partial charge is 0.369 e. The van der Waals surface area contributed by atoms with E-state index in [9.17, 15) is 0 Å². The van der Waals surface area contributed by atoms with Gasteiger partial charge in [0.1, 0.15) is 0 Å². The number of hydrogen-bond donors (Lipinski definition) is 1. The SMILES string of the molecule is CCCNCC(OC1CCC(C)CC1)c1ccccc1. The molecule has 2 heteroatoms. The molecule has 20 heavy (non-hydrogen) atoms. The fourth-order valence-corrected chi connectivity index (χ4v) is 2.92. The fourth-order valence-electron chi connectivity index (χ4n) is 2.92. The molecule has 1 N–H and O–H groups in total. The van der Waals surface area contributed by atoms with E-state index in [0.717, 1.165) is 19.0 Å². The molecule has 1 unspecified atom stereocenters. The van der Waals surface area contributed by atoms with Gasteiger partial charge in [-0.05, 0) is 50.1 Å².